The molecule has 1 aliphatic heterocycles. The van der Waals surface area contributed by atoms with Gasteiger partial charge < -0.3 is 10.2 Å². The number of rotatable bonds is 6. The number of amides is 1. The van der Waals surface area contributed by atoms with E-state index in [2.05, 4.69) is 10.5 Å². The second-order valence-electron chi connectivity index (χ2n) is 5.75. The van der Waals surface area contributed by atoms with Crippen molar-refractivity contribution in [2.45, 2.75) is 44.3 Å². The molecule has 1 aliphatic carbocycles. The van der Waals surface area contributed by atoms with Gasteiger partial charge in [-0.2, -0.15) is 0 Å². The highest BCUT2D eigenvalue weighted by molar-refractivity contribution is 5.95. The molecule has 1 fully saturated rings. The van der Waals surface area contributed by atoms with E-state index in [9.17, 15) is 13.6 Å². The summed E-state index contributed by atoms with van der Waals surface area (Å²) in [6, 6.07) is 8.08. The van der Waals surface area contributed by atoms with Gasteiger partial charge in [-0.05, 0) is 18.4 Å². The van der Waals surface area contributed by atoms with Crippen LogP contribution in [0.25, 0.3) is 0 Å². The van der Waals surface area contributed by atoms with Gasteiger partial charge in [-0.25, -0.2) is 8.78 Å². The Kier molecular flexibility index (Phi) is 4.36. The van der Waals surface area contributed by atoms with Crippen molar-refractivity contribution < 1.29 is 18.4 Å². The lowest BCUT2D eigenvalue weighted by Crippen LogP contribution is -2.38. The van der Waals surface area contributed by atoms with Gasteiger partial charge >= 0.3 is 0 Å². The predicted octanol–water partition coefficient (Wildman–Crippen LogP) is 3.05. The third-order valence-electron chi connectivity index (χ3n) is 3.97. The zero-order valence-corrected chi connectivity index (χ0v) is 12.0. The Morgan fingerprint density at radius 2 is 2.05 bits per heavy atom. The molecule has 0 saturated heterocycles. The fraction of sp³-hybridized carbons (Fsp3) is 0.500. The lowest BCUT2D eigenvalue weighted by atomic mass is 10.0. The topological polar surface area (TPSA) is 50.7 Å². The van der Waals surface area contributed by atoms with Crippen molar-refractivity contribution in [3.8, 4) is 0 Å². The van der Waals surface area contributed by atoms with Gasteiger partial charge in [0.15, 0.2) is 0 Å². The third kappa shape index (κ3) is 3.61. The molecule has 2 aliphatic rings. The van der Waals surface area contributed by atoms with Crippen molar-refractivity contribution in [2.24, 2.45) is 11.1 Å². The van der Waals surface area contributed by atoms with Crippen LogP contribution in [0.3, 0.4) is 0 Å². The third-order valence-corrected chi connectivity index (χ3v) is 3.97. The summed E-state index contributed by atoms with van der Waals surface area (Å²) in [4.78, 5) is 17.4. The van der Waals surface area contributed by atoms with Crippen LogP contribution in [-0.2, 0) is 9.63 Å². The molecule has 2 unspecified atom stereocenters. The molecule has 1 N–H and O–H groups in total. The average molecular weight is 308 g/mol. The maximum absolute atomic E-state index is 12.8. The van der Waals surface area contributed by atoms with Crippen molar-refractivity contribution in [2.75, 3.05) is 0 Å². The minimum atomic E-state index is -2.49. The van der Waals surface area contributed by atoms with Crippen molar-refractivity contribution in [1.82, 2.24) is 5.32 Å². The molecule has 1 amide bonds. The van der Waals surface area contributed by atoms with E-state index in [1.54, 1.807) is 30.3 Å². The van der Waals surface area contributed by atoms with Gasteiger partial charge in [0.05, 0.1) is 11.8 Å². The molecule has 1 aromatic rings. The molecule has 6 heteroatoms. The summed E-state index contributed by atoms with van der Waals surface area (Å²) < 4.78 is 25.5. The number of benzene rings is 1. The van der Waals surface area contributed by atoms with E-state index in [0.29, 0.717) is 17.9 Å². The SMILES string of the molecule is O=C(NC(CC(F)F)c1ccccc1)C1CC(C2CC2)=NO1. The molecular weight excluding hydrogens is 290 g/mol. The molecule has 118 valence electrons. The molecule has 4 nitrogen and oxygen atoms in total. The Morgan fingerprint density at radius 1 is 1.32 bits per heavy atom. The summed E-state index contributed by atoms with van der Waals surface area (Å²) in [5.41, 5.74) is 1.59. The summed E-state index contributed by atoms with van der Waals surface area (Å²) in [5, 5.41) is 6.62. The van der Waals surface area contributed by atoms with Gasteiger partial charge in [0.25, 0.3) is 5.91 Å². The maximum Gasteiger partial charge on any atom is 0.264 e. The number of carbonyl (C=O) groups excluding carboxylic acids is 1. The van der Waals surface area contributed by atoms with E-state index in [1.807, 2.05) is 0 Å². The molecule has 0 spiro atoms. The second kappa shape index (κ2) is 6.42. The van der Waals surface area contributed by atoms with Crippen molar-refractivity contribution in [3.05, 3.63) is 35.9 Å². The molecule has 1 heterocycles. The highest BCUT2D eigenvalue weighted by atomic mass is 19.3. The van der Waals surface area contributed by atoms with E-state index < -0.39 is 25.0 Å². The van der Waals surface area contributed by atoms with Crippen LogP contribution in [0, 0.1) is 5.92 Å². The van der Waals surface area contributed by atoms with Crippen LogP contribution in [0.15, 0.2) is 35.5 Å². The molecule has 0 bridgehead atoms. The highest BCUT2D eigenvalue weighted by Crippen LogP contribution is 2.35. The average Bonchev–Trinajstić information content (AvgIpc) is 3.24. The quantitative estimate of drug-likeness (QED) is 0.878. The summed E-state index contributed by atoms with van der Waals surface area (Å²) in [5.74, 6) is 0.0673. The number of hydrogen-bond acceptors (Lipinski definition) is 3. The standard InChI is InChI=1S/C16H18F2N2O2/c17-15(18)9-12(10-4-2-1-3-5-10)19-16(21)14-8-13(20-22-14)11-6-7-11/h1-5,11-12,14-15H,6-9H2,(H,19,21). The van der Waals surface area contributed by atoms with Crippen LogP contribution in [0.4, 0.5) is 8.78 Å². The van der Waals surface area contributed by atoms with Crippen molar-refractivity contribution in [1.29, 1.82) is 0 Å². The Balaban J connectivity index is 1.61. The fourth-order valence-electron chi connectivity index (χ4n) is 2.60. The summed E-state index contributed by atoms with van der Waals surface area (Å²) in [7, 11) is 0. The first-order chi connectivity index (χ1) is 10.6. The Morgan fingerprint density at radius 3 is 2.68 bits per heavy atom. The number of alkyl halides is 2. The minimum absolute atomic E-state index is 0.381. The van der Waals surface area contributed by atoms with Gasteiger partial charge in [0, 0.05) is 18.8 Å². The Hall–Kier alpha value is -1.98. The first-order valence-corrected chi connectivity index (χ1v) is 7.49. The first kappa shape index (κ1) is 14.9. The second-order valence-corrected chi connectivity index (χ2v) is 5.75. The number of carbonyl (C=O) groups is 1. The molecule has 2 atom stereocenters. The molecule has 1 aromatic carbocycles. The zero-order chi connectivity index (χ0) is 15.5. The Bertz CT molecular complexity index is 559. The highest BCUT2D eigenvalue weighted by Gasteiger charge is 2.37. The van der Waals surface area contributed by atoms with E-state index >= 15 is 0 Å². The molecule has 1 saturated carbocycles. The minimum Gasteiger partial charge on any atom is -0.382 e. The number of nitrogens with one attached hydrogen (secondary N) is 1. The summed E-state index contributed by atoms with van der Waals surface area (Å²) in [6.45, 7) is 0. The van der Waals surface area contributed by atoms with Crippen LogP contribution in [0.5, 0.6) is 0 Å². The summed E-state index contributed by atoms with van der Waals surface area (Å²) in [6.07, 6.45) is -0.956. The monoisotopic (exact) mass is 308 g/mol. The normalized spacial score (nSPS) is 22.1. The molecule has 0 aromatic heterocycles. The molecule has 22 heavy (non-hydrogen) atoms. The smallest absolute Gasteiger partial charge is 0.264 e. The van der Waals surface area contributed by atoms with E-state index in [1.165, 1.54) is 0 Å². The Labute approximate surface area is 127 Å². The van der Waals surface area contributed by atoms with Crippen LogP contribution >= 0.6 is 0 Å². The largest absolute Gasteiger partial charge is 0.382 e. The number of halogens is 2. The van der Waals surface area contributed by atoms with Gasteiger partial charge in [-0.1, -0.05) is 35.5 Å². The number of nitrogens with zero attached hydrogens (tertiary/aromatic N) is 1. The number of hydrogen-bond donors (Lipinski definition) is 1. The van der Waals surface area contributed by atoms with Crippen LogP contribution in [-0.4, -0.2) is 24.1 Å². The van der Waals surface area contributed by atoms with Crippen LogP contribution in [0.2, 0.25) is 0 Å². The van der Waals surface area contributed by atoms with Crippen LogP contribution in [0.1, 0.15) is 37.3 Å². The fourth-order valence-corrected chi connectivity index (χ4v) is 2.60. The van der Waals surface area contributed by atoms with Gasteiger partial charge in [0.2, 0.25) is 12.5 Å². The molecule has 0 radical (unpaired) electrons. The summed E-state index contributed by atoms with van der Waals surface area (Å²) >= 11 is 0. The number of oxime groups is 1. The van der Waals surface area contributed by atoms with Crippen LogP contribution < -0.4 is 5.32 Å². The maximum atomic E-state index is 12.8. The lowest BCUT2D eigenvalue weighted by Gasteiger charge is -2.20. The first-order valence-electron chi connectivity index (χ1n) is 7.49. The van der Waals surface area contributed by atoms with E-state index in [0.717, 1.165) is 18.6 Å². The molecule has 3 rings (SSSR count). The predicted molar refractivity (Wildman–Crippen MR) is 77.6 cm³/mol. The van der Waals surface area contributed by atoms with E-state index in [-0.39, 0.29) is 5.91 Å². The zero-order valence-electron chi connectivity index (χ0n) is 12.0. The van der Waals surface area contributed by atoms with Gasteiger partial charge in [-0.3, -0.25) is 4.79 Å². The lowest BCUT2D eigenvalue weighted by molar-refractivity contribution is -0.132. The van der Waals surface area contributed by atoms with Crippen molar-refractivity contribution in [3.63, 3.8) is 0 Å². The van der Waals surface area contributed by atoms with Gasteiger partial charge in [0.1, 0.15) is 0 Å². The van der Waals surface area contributed by atoms with Crippen molar-refractivity contribution >= 4 is 11.6 Å². The van der Waals surface area contributed by atoms with Gasteiger partial charge in [-0.15, -0.1) is 0 Å². The van der Waals surface area contributed by atoms with E-state index in [4.69, 9.17) is 4.84 Å². The molecular formula is C16H18F2N2O2.